The predicted molar refractivity (Wildman–Crippen MR) is 328 cm³/mol. The Morgan fingerprint density at radius 3 is 0.878 bits per heavy atom. The van der Waals surface area contributed by atoms with E-state index in [0.29, 0.717) is 41.4 Å². The van der Waals surface area contributed by atoms with Crippen molar-refractivity contribution >= 4 is 65.0 Å². The molecule has 74 heavy (non-hydrogen) atoms. The SMILES string of the molecule is CCc1cccc(C(C)C)c1N1C=CN(c2c(C(C)C)cccc2C(C)C)B1/C=[C](\[Sn]/[C](=C\B1N(c2c(C(C)C)cccc2C(C)C)C=CN1c1c(C(C)C)cccc1C(C)C)c1ccccc1)c1ccccc1. The van der Waals surface area contributed by atoms with Gasteiger partial charge >= 0.3 is 462 Å². The third kappa shape index (κ3) is 11.3. The van der Waals surface area contributed by atoms with E-state index in [4.69, 9.17) is 0 Å². The minimum absolute atomic E-state index is 0.107. The Morgan fingerprint density at radius 2 is 0.608 bits per heavy atom. The first-order chi connectivity index (χ1) is 35.5. The van der Waals surface area contributed by atoms with Crippen LogP contribution in [0.1, 0.15) is 201 Å². The van der Waals surface area contributed by atoms with E-state index in [9.17, 15) is 0 Å². The van der Waals surface area contributed by atoms with E-state index in [0.717, 1.165) is 6.42 Å². The number of nitrogens with zero attached hydrogens (tertiary/aromatic N) is 4. The Balaban J connectivity index is 1.42. The van der Waals surface area contributed by atoms with Crippen LogP contribution in [-0.2, 0) is 6.42 Å². The second-order valence-corrected chi connectivity index (χ2v) is 26.5. The monoisotopic (exact) mass is 1080 g/mol. The molecule has 0 fully saturated rings. The Morgan fingerprint density at radius 1 is 0.351 bits per heavy atom. The van der Waals surface area contributed by atoms with Crippen molar-refractivity contribution in [1.82, 2.24) is 0 Å². The van der Waals surface area contributed by atoms with Crippen molar-refractivity contribution in [2.24, 2.45) is 0 Å². The van der Waals surface area contributed by atoms with Crippen molar-refractivity contribution in [2.45, 2.75) is 152 Å². The minimum atomic E-state index is -1.71. The summed E-state index contributed by atoms with van der Waals surface area (Å²) in [7, 11) is 0. The van der Waals surface area contributed by atoms with Crippen LogP contribution in [0, 0.1) is 0 Å². The molecule has 2 aliphatic rings. The Hall–Kier alpha value is -5.59. The van der Waals surface area contributed by atoms with Crippen molar-refractivity contribution in [1.29, 1.82) is 0 Å². The first-order valence-corrected chi connectivity index (χ1v) is 30.7. The van der Waals surface area contributed by atoms with E-state index in [-0.39, 0.29) is 14.0 Å². The van der Waals surface area contributed by atoms with Crippen LogP contribution in [0.4, 0.5) is 22.7 Å². The van der Waals surface area contributed by atoms with Gasteiger partial charge in [-0.3, -0.25) is 0 Å². The summed E-state index contributed by atoms with van der Waals surface area (Å²) >= 11 is -1.71. The summed E-state index contributed by atoms with van der Waals surface area (Å²) in [5.74, 6) is 7.82. The van der Waals surface area contributed by atoms with Gasteiger partial charge in [0.15, 0.2) is 0 Å². The normalized spacial score (nSPS) is 14.5. The van der Waals surface area contributed by atoms with E-state index in [1.165, 1.54) is 85.6 Å². The average Bonchev–Trinajstić information content (AvgIpc) is 4.00. The van der Waals surface area contributed by atoms with Gasteiger partial charge in [-0.25, -0.2) is 0 Å². The van der Waals surface area contributed by atoms with E-state index in [1.807, 2.05) is 0 Å². The van der Waals surface area contributed by atoms with Crippen LogP contribution < -0.4 is 19.2 Å². The molecule has 0 N–H and O–H groups in total. The van der Waals surface area contributed by atoms with Crippen LogP contribution in [0.3, 0.4) is 0 Å². The average molecular weight is 1080 g/mol. The molecule has 0 saturated heterocycles. The van der Waals surface area contributed by atoms with Crippen LogP contribution in [0.5, 0.6) is 0 Å². The predicted octanol–water partition coefficient (Wildman–Crippen LogP) is 18.2. The molecule has 0 atom stereocenters. The summed E-state index contributed by atoms with van der Waals surface area (Å²) in [5, 5.41) is 0. The molecule has 7 heteroatoms. The van der Waals surface area contributed by atoms with Crippen molar-refractivity contribution in [2.75, 3.05) is 19.2 Å². The van der Waals surface area contributed by atoms with E-state index in [2.05, 4.69) is 293 Å². The zero-order valence-corrected chi connectivity index (χ0v) is 50.2. The van der Waals surface area contributed by atoms with Crippen LogP contribution in [0.2, 0.25) is 0 Å². The van der Waals surface area contributed by atoms with Gasteiger partial charge in [0.2, 0.25) is 0 Å². The molecule has 8 rings (SSSR count). The Bertz CT molecular complexity index is 2850. The van der Waals surface area contributed by atoms with Gasteiger partial charge in [-0.15, -0.1) is 0 Å². The molecule has 6 aromatic carbocycles. The molecule has 380 valence electrons. The molecule has 2 radical (unpaired) electrons. The molecular formula is C67H82B2N4Sn. The van der Waals surface area contributed by atoms with Gasteiger partial charge in [-0.1, -0.05) is 0 Å². The molecule has 0 unspecified atom stereocenters. The third-order valence-electron chi connectivity index (χ3n) is 15.2. The molecule has 2 heterocycles. The standard InChI is InChI=1S/C34H42BN2.C33H40BN2.Sn/c1-24(2)29-16-12-17-30(25(3)4)33(29)36-22-23-37(35(36)21-20-28-14-10-9-11-15-28)34-31(26(5)6)18-13-19-32(34)27(7)8;1-8-28-16-12-17-29(24(2)3)32(28)35-22-23-36(34(35)21-20-27-14-10-9-11-15-27)33-30(25(4)5)18-13-19-31(33)26(6)7;/h9-19,21-27H,1-8H3;9-19,21-26H,8H2,1-7H3;. The quantitative estimate of drug-likeness (QED) is 0.0795. The second kappa shape index (κ2) is 24.0. The van der Waals surface area contributed by atoms with Crippen LogP contribution in [0.25, 0.3) is 7.18 Å². The van der Waals surface area contributed by atoms with E-state index >= 15 is 0 Å². The fourth-order valence-electron chi connectivity index (χ4n) is 11.3. The molecule has 0 amide bonds. The van der Waals surface area contributed by atoms with Crippen molar-refractivity contribution in [3.63, 3.8) is 0 Å². The van der Waals surface area contributed by atoms with E-state index in [1.54, 1.807) is 0 Å². The zero-order chi connectivity index (χ0) is 53.0. The van der Waals surface area contributed by atoms with Crippen LogP contribution in [0.15, 0.2) is 170 Å². The molecule has 0 bridgehead atoms. The molecule has 4 nitrogen and oxygen atoms in total. The molecule has 0 saturated carbocycles. The van der Waals surface area contributed by atoms with Crippen molar-refractivity contribution in [3.8, 4) is 0 Å². The maximum absolute atomic E-state index is 2.69. The second-order valence-electron chi connectivity index (χ2n) is 22.7. The van der Waals surface area contributed by atoms with E-state index < -0.39 is 21.1 Å². The zero-order valence-electron chi connectivity index (χ0n) is 47.4. The summed E-state index contributed by atoms with van der Waals surface area (Å²) in [4.78, 5) is 10.5. The Labute approximate surface area is 458 Å². The molecule has 0 spiro atoms. The number of benzene rings is 6. The van der Waals surface area contributed by atoms with Gasteiger partial charge in [-0.05, 0) is 0 Å². The number of para-hydroxylation sites is 4. The third-order valence-corrected chi connectivity index (χ3v) is 19.3. The molecule has 0 aliphatic carbocycles. The first kappa shape index (κ1) is 54.7. The number of hydrogen-bond acceptors (Lipinski definition) is 4. The van der Waals surface area contributed by atoms with Crippen molar-refractivity contribution in [3.05, 3.63) is 226 Å². The van der Waals surface area contributed by atoms with Crippen LogP contribution in [-0.4, -0.2) is 35.1 Å². The van der Waals surface area contributed by atoms with Gasteiger partial charge in [-0.2, -0.15) is 0 Å². The summed E-state index contributed by atoms with van der Waals surface area (Å²) in [6.45, 7) is 35.1. The van der Waals surface area contributed by atoms with Gasteiger partial charge in [0.1, 0.15) is 0 Å². The molecular weight excluding hydrogens is 1000 g/mol. The van der Waals surface area contributed by atoms with Gasteiger partial charge < -0.3 is 0 Å². The number of hydrogen-bond donors (Lipinski definition) is 0. The molecule has 6 aromatic rings. The topological polar surface area (TPSA) is 13.0 Å². The number of aryl methyl sites for hydroxylation is 1. The fraction of sp³-hybridized carbons (Fsp3) is 0.343. The van der Waals surface area contributed by atoms with Gasteiger partial charge in [0.25, 0.3) is 0 Å². The molecule has 0 aromatic heterocycles. The summed E-state index contributed by atoms with van der Waals surface area (Å²) < 4.78 is 2.92. The van der Waals surface area contributed by atoms with Crippen molar-refractivity contribution < 1.29 is 0 Å². The maximum atomic E-state index is 2.69. The van der Waals surface area contributed by atoms with Crippen LogP contribution >= 0.6 is 0 Å². The number of rotatable bonds is 18. The van der Waals surface area contributed by atoms with Gasteiger partial charge in [0.05, 0.1) is 0 Å². The number of anilines is 4. The van der Waals surface area contributed by atoms with Gasteiger partial charge in [0, 0.05) is 0 Å². The molecule has 2 aliphatic heterocycles. The Kier molecular flexibility index (Phi) is 17.7. The first-order valence-electron chi connectivity index (χ1n) is 27.8. The summed E-state index contributed by atoms with van der Waals surface area (Å²) in [6, 6.07) is 50.8. The fourth-order valence-corrected chi connectivity index (χ4v) is 15.2. The summed E-state index contributed by atoms with van der Waals surface area (Å²) in [6.07, 6.45) is 10.5. The summed E-state index contributed by atoms with van der Waals surface area (Å²) in [5.41, 5.74) is 19.1.